The molecule has 0 spiro atoms. The van der Waals surface area contributed by atoms with E-state index in [0.29, 0.717) is 38.3 Å². The molecular weight excluding hydrogens is 366 g/mol. The van der Waals surface area contributed by atoms with Gasteiger partial charge in [-0.2, -0.15) is 0 Å². The summed E-state index contributed by atoms with van der Waals surface area (Å²) in [5.41, 5.74) is 2.45. The molecule has 4 rings (SSSR count). The van der Waals surface area contributed by atoms with Crippen LogP contribution in [0.2, 0.25) is 0 Å². The second kappa shape index (κ2) is 9.06. The largest absolute Gasteiger partial charge is 0.490 e. The van der Waals surface area contributed by atoms with E-state index in [9.17, 15) is 5.11 Å². The standard InChI is InChI=1S/C24H31NO4/c1-17(2)20-6-3-4-8-22(20)29-16-19(26)15-25-11-5-7-21(25)18-9-10-23-24(14-18)28-13-12-27-23/h3-4,6,8-10,14,17,19,21,26H,5,7,11-13,15-16H2,1-2H3/p+1/t19-,21+/m0/s1. The van der Waals surface area contributed by atoms with Crippen LogP contribution in [0.4, 0.5) is 0 Å². The van der Waals surface area contributed by atoms with Crippen molar-refractivity contribution in [2.75, 3.05) is 32.9 Å². The van der Waals surface area contributed by atoms with Gasteiger partial charge in [-0.05, 0) is 35.7 Å². The molecule has 0 saturated carbocycles. The van der Waals surface area contributed by atoms with Crippen molar-refractivity contribution in [3.63, 3.8) is 0 Å². The molecule has 2 heterocycles. The molecule has 0 aromatic heterocycles. The lowest BCUT2D eigenvalue weighted by molar-refractivity contribution is -0.921. The van der Waals surface area contributed by atoms with Crippen LogP contribution >= 0.6 is 0 Å². The Balaban J connectivity index is 1.37. The van der Waals surface area contributed by atoms with E-state index in [4.69, 9.17) is 14.2 Å². The van der Waals surface area contributed by atoms with E-state index < -0.39 is 6.10 Å². The van der Waals surface area contributed by atoms with E-state index in [1.807, 2.05) is 24.3 Å². The van der Waals surface area contributed by atoms with Crippen molar-refractivity contribution in [1.29, 1.82) is 0 Å². The Hall–Kier alpha value is -2.24. The number of nitrogens with one attached hydrogen (secondary N) is 1. The number of para-hydroxylation sites is 1. The monoisotopic (exact) mass is 398 g/mol. The average Bonchev–Trinajstić information content (AvgIpc) is 3.20. The van der Waals surface area contributed by atoms with Crippen molar-refractivity contribution in [1.82, 2.24) is 0 Å². The third kappa shape index (κ3) is 4.68. The highest BCUT2D eigenvalue weighted by molar-refractivity contribution is 5.44. The van der Waals surface area contributed by atoms with Crippen LogP contribution in [0.15, 0.2) is 42.5 Å². The molecule has 1 fully saturated rings. The van der Waals surface area contributed by atoms with Gasteiger partial charge in [0.1, 0.15) is 44.3 Å². The smallest absolute Gasteiger partial charge is 0.161 e. The molecule has 5 nitrogen and oxygen atoms in total. The molecule has 2 N–H and O–H groups in total. The Morgan fingerprint density at radius 3 is 2.72 bits per heavy atom. The molecule has 2 aromatic carbocycles. The molecule has 0 amide bonds. The maximum absolute atomic E-state index is 10.7. The summed E-state index contributed by atoms with van der Waals surface area (Å²) in [6.07, 6.45) is 1.79. The Kier molecular flexibility index (Phi) is 6.26. The lowest BCUT2D eigenvalue weighted by Crippen LogP contribution is -3.11. The Morgan fingerprint density at radius 2 is 1.90 bits per heavy atom. The summed E-state index contributed by atoms with van der Waals surface area (Å²) in [7, 11) is 0. The van der Waals surface area contributed by atoms with Crippen LogP contribution in [0.25, 0.3) is 0 Å². The predicted octanol–water partition coefficient (Wildman–Crippen LogP) is 2.74. The van der Waals surface area contributed by atoms with E-state index >= 15 is 0 Å². The topological polar surface area (TPSA) is 52.4 Å². The molecule has 0 bridgehead atoms. The van der Waals surface area contributed by atoms with Gasteiger partial charge in [0.15, 0.2) is 11.5 Å². The zero-order valence-electron chi connectivity index (χ0n) is 17.4. The molecule has 0 radical (unpaired) electrons. The van der Waals surface area contributed by atoms with Gasteiger partial charge >= 0.3 is 0 Å². The lowest BCUT2D eigenvalue weighted by Gasteiger charge is -2.26. The van der Waals surface area contributed by atoms with Crippen LogP contribution in [0.3, 0.4) is 0 Å². The van der Waals surface area contributed by atoms with Crippen LogP contribution in [-0.2, 0) is 0 Å². The predicted molar refractivity (Wildman–Crippen MR) is 112 cm³/mol. The first-order chi connectivity index (χ1) is 14.1. The van der Waals surface area contributed by atoms with E-state index in [-0.39, 0.29) is 0 Å². The van der Waals surface area contributed by atoms with Crippen molar-refractivity contribution < 1.29 is 24.2 Å². The van der Waals surface area contributed by atoms with Crippen molar-refractivity contribution in [2.24, 2.45) is 0 Å². The zero-order chi connectivity index (χ0) is 20.2. The maximum Gasteiger partial charge on any atom is 0.161 e. The molecule has 5 heteroatoms. The Bertz CT molecular complexity index is 822. The van der Waals surface area contributed by atoms with Gasteiger partial charge in [0.25, 0.3) is 0 Å². The van der Waals surface area contributed by atoms with Gasteiger partial charge in [-0.3, -0.25) is 0 Å². The fourth-order valence-corrected chi connectivity index (χ4v) is 4.47. The van der Waals surface area contributed by atoms with E-state index in [2.05, 4.69) is 32.0 Å². The molecule has 2 aliphatic heterocycles. The average molecular weight is 399 g/mol. The number of hydrogen-bond acceptors (Lipinski definition) is 4. The van der Waals surface area contributed by atoms with Crippen molar-refractivity contribution in [3.05, 3.63) is 53.6 Å². The first-order valence-electron chi connectivity index (χ1n) is 10.8. The maximum atomic E-state index is 10.7. The number of ether oxygens (including phenoxy) is 3. The van der Waals surface area contributed by atoms with Crippen LogP contribution in [0, 0.1) is 0 Å². The van der Waals surface area contributed by atoms with Crippen LogP contribution in [-0.4, -0.2) is 44.1 Å². The summed E-state index contributed by atoms with van der Waals surface area (Å²) >= 11 is 0. The summed E-state index contributed by atoms with van der Waals surface area (Å²) in [5, 5.41) is 10.7. The Morgan fingerprint density at radius 1 is 1.10 bits per heavy atom. The minimum Gasteiger partial charge on any atom is -0.490 e. The number of hydrogen-bond donors (Lipinski definition) is 2. The molecule has 29 heavy (non-hydrogen) atoms. The molecule has 1 unspecified atom stereocenters. The van der Waals surface area contributed by atoms with Gasteiger partial charge in [0.2, 0.25) is 0 Å². The van der Waals surface area contributed by atoms with Gasteiger partial charge in [-0.25, -0.2) is 0 Å². The molecule has 3 atom stereocenters. The first kappa shape index (κ1) is 20.0. The molecule has 2 aromatic rings. The summed E-state index contributed by atoms with van der Waals surface area (Å²) in [5.74, 6) is 2.94. The summed E-state index contributed by atoms with van der Waals surface area (Å²) in [4.78, 5) is 1.41. The second-order valence-electron chi connectivity index (χ2n) is 8.37. The number of quaternary nitrogens is 1. The van der Waals surface area contributed by atoms with Crippen LogP contribution in [0.5, 0.6) is 17.2 Å². The Labute approximate surface area is 173 Å². The summed E-state index contributed by atoms with van der Waals surface area (Å²) in [6.45, 7) is 7.60. The van der Waals surface area contributed by atoms with Gasteiger partial charge in [-0.15, -0.1) is 0 Å². The highest BCUT2D eigenvalue weighted by atomic mass is 16.6. The summed E-state index contributed by atoms with van der Waals surface area (Å²) < 4.78 is 17.4. The van der Waals surface area contributed by atoms with Crippen molar-refractivity contribution >= 4 is 0 Å². The fraction of sp³-hybridized carbons (Fsp3) is 0.500. The number of rotatable bonds is 7. The summed E-state index contributed by atoms with van der Waals surface area (Å²) in [6, 6.07) is 14.8. The molecular formula is C24H32NO4+. The van der Waals surface area contributed by atoms with E-state index in [1.54, 1.807) is 0 Å². The minimum absolute atomic E-state index is 0.321. The molecule has 1 saturated heterocycles. The first-order valence-corrected chi connectivity index (χ1v) is 10.8. The van der Waals surface area contributed by atoms with Gasteiger partial charge in [-0.1, -0.05) is 32.0 Å². The van der Waals surface area contributed by atoms with Crippen LogP contribution in [0.1, 0.15) is 49.8 Å². The highest BCUT2D eigenvalue weighted by Crippen LogP contribution is 2.33. The number of likely N-dealkylation sites (tertiary alicyclic amines) is 1. The van der Waals surface area contributed by atoms with Gasteiger partial charge in [0.05, 0.1) is 6.54 Å². The molecule has 0 aliphatic carbocycles. The van der Waals surface area contributed by atoms with Crippen LogP contribution < -0.4 is 19.1 Å². The normalized spacial score (nSPS) is 21.9. The molecule has 2 aliphatic rings. The number of aliphatic hydroxyl groups excluding tert-OH is 1. The number of fused-ring (bicyclic) bond motifs is 1. The highest BCUT2D eigenvalue weighted by Gasteiger charge is 2.32. The number of aliphatic hydroxyl groups is 1. The van der Waals surface area contributed by atoms with Gasteiger partial charge in [0, 0.05) is 18.4 Å². The SMILES string of the molecule is CC(C)c1ccccc1OC[C@@H](O)C[NH+]1CCC[C@@H]1c1ccc2c(c1)OCCO2. The lowest BCUT2D eigenvalue weighted by atomic mass is 10.0. The minimum atomic E-state index is -0.497. The fourth-order valence-electron chi connectivity index (χ4n) is 4.47. The third-order valence-electron chi connectivity index (χ3n) is 5.92. The second-order valence-corrected chi connectivity index (χ2v) is 8.37. The van der Waals surface area contributed by atoms with Crippen molar-refractivity contribution in [2.45, 2.75) is 44.8 Å². The quantitative estimate of drug-likeness (QED) is 0.753. The van der Waals surface area contributed by atoms with Crippen molar-refractivity contribution in [3.8, 4) is 17.2 Å². The van der Waals surface area contributed by atoms with Gasteiger partial charge < -0.3 is 24.2 Å². The van der Waals surface area contributed by atoms with E-state index in [1.165, 1.54) is 16.0 Å². The molecule has 156 valence electrons. The number of benzene rings is 2. The zero-order valence-corrected chi connectivity index (χ0v) is 17.4. The van der Waals surface area contributed by atoms with E-state index in [0.717, 1.165) is 36.6 Å². The third-order valence-corrected chi connectivity index (χ3v) is 5.92.